The SMILES string of the molecule is Cc1ccc(CN2CC3(CCN(Cc4ccsc4)C3)C2)s1. The van der Waals surface area contributed by atoms with Gasteiger partial charge < -0.3 is 0 Å². The predicted octanol–water partition coefficient (Wildman–Crippen LogP) is 3.83. The van der Waals surface area contributed by atoms with Crippen LogP contribution in [0.4, 0.5) is 0 Å². The van der Waals surface area contributed by atoms with Crippen molar-refractivity contribution in [1.29, 1.82) is 0 Å². The Hall–Kier alpha value is -0.680. The normalized spacial score (nSPS) is 22.0. The highest BCUT2D eigenvalue weighted by atomic mass is 32.1. The summed E-state index contributed by atoms with van der Waals surface area (Å²) in [6.45, 7) is 9.67. The molecule has 4 heterocycles. The van der Waals surface area contributed by atoms with Gasteiger partial charge >= 0.3 is 0 Å². The first kappa shape index (κ1) is 13.9. The molecule has 0 unspecified atom stereocenters. The van der Waals surface area contributed by atoms with Crippen molar-refractivity contribution in [2.24, 2.45) is 5.41 Å². The van der Waals surface area contributed by atoms with Crippen LogP contribution in [0.5, 0.6) is 0 Å². The van der Waals surface area contributed by atoms with Gasteiger partial charge in [-0.2, -0.15) is 11.3 Å². The number of thiophene rings is 2. The second-order valence-corrected chi connectivity index (χ2v) is 8.90. The highest BCUT2D eigenvalue weighted by molar-refractivity contribution is 7.11. The van der Waals surface area contributed by atoms with E-state index in [9.17, 15) is 0 Å². The van der Waals surface area contributed by atoms with Crippen LogP contribution >= 0.6 is 22.7 Å². The van der Waals surface area contributed by atoms with Gasteiger partial charge in [-0.15, -0.1) is 11.3 Å². The molecule has 112 valence electrons. The molecule has 0 aliphatic carbocycles. The van der Waals surface area contributed by atoms with Crippen molar-refractivity contribution in [1.82, 2.24) is 9.80 Å². The summed E-state index contributed by atoms with van der Waals surface area (Å²) in [5.74, 6) is 0. The third kappa shape index (κ3) is 2.95. The Morgan fingerprint density at radius 2 is 1.95 bits per heavy atom. The molecule has 2 aromatic heterocycles. The van der Waals surface area contributed by atoms with E-state index < -0.39 is 0 Å². The van der Waals surface area contributed by atoms with Crippen LogP contribution in [0.25, 0.3) is 0 Å². The summed E-state index contributed by atoms with van der Waals surface area (Å²) in [6, 6.07) is 6.80. The van der Waals surface area contributed by atoms with E-state index in [4.69, 9.17) is 0 Å². The van der Waals surface area contributed by atoms with Gasteiger partial charge in [0, 0.05) is 47.9 Å². The van der Waals surface area contributed by atoms with Gasteiger partial charge in [0.25, 0.3) is 0 Å². The summed E-state index contributed by atoms with van der Waals surface area (Å²) in [5.41, 5.74) is 2.09. The molecule has 0 radical (unpaired) electrons. The lowest BCUT2D eigenvalue weighted by Crippen LogP contribution is -2.56. The third-order valence-electron chi connectivity index (χ3n) is 4.80. The van der Waals surface area contributed by atoms with Crippen LogP contribution in [-0.2, 0) is 13.1 Å². The minimum atomic E-state index is 0.600. The first-order chi connectivity index (χ1) is 10.2. The van der Waals surface area contributed by atoms with E-state index in [2.05, 4.69) is 45.7 Å². The van der Waals surface area contributed by atoms with Gasteiger partial charge in [0.05, 0.1) is 0 Å². The Morgan fingerprint density at radius 3 is 2.67 bits per heavy atom. The Bertz CT molecular complexity index is 596. The van der Waals surface area contributed by atoms with E-state index in [1.807, 2.05) is 22.7 Å². The molecule has 1 spiro atoms. The van der Waals surface area contributed by atoms with E-state index >= 15 is 0 Å². The lowest BCUT2D eigenvalue weighted by Gasteiger charge is -2.48. The zero-order valence-electron chi connectivity index (χ0n) is 12.5. The Labute approximate surface area is 135 Å². The largest absolute Gasteiger partial charge is 0.298 e. The smallest absolute Gasteiger partial charge is 0.0328 e. The van der Waals surface area contributed by atoms with Gasteiger partial charge in [0.1, 0.15) is 0 Å². The van der Waals surface area contributed by atoms with Crippen molar-refractivity contribution in [3.63, 3.8) is 0 Å². The standard InChI is InChI=1S/C17H22N2S2/c1-14-2-3-16(21-14)9-19-12-17(13-19)5-6-18(11-17)8-15-4-7-20-10-15/h2-4,7,10H,5-6,8-9,11-13H2,1H3. The fraction of sp³-hybridized carbons (Fsp3) is 0.529. The van der Waals surface area contributed by atoms with Crippen LogP contribution in [0.2, 0.25) is 0 Å². The monoisotopic (exact) mass is 318 g/mol. The topological polar surface area (TPSA) is 6.48 Å². The number of likely N-dealkylation sites (tertiary alicyclic amines) is 2. The molecule has 0 N–H and O–H groups in total. The highest BCUT2D eigenvalue weighted by Crippen LogP contribution is 2.41. The first-order valence-corrected chi connectivity index (χ1v) is 9.48. The fourth-order valence-electron chi connectivity index (χ4n) is 3.87. The van der Waals surface area contributed by atoms with E-state index in [0.29, 0.717) is 5.41 Å². The molecule has 2 saturated heterocycles. The van der Waals surface area contributed by atoms with Crippen LogP contribution in [0.15, 0.2) is 29.0 Å². The molecule has 2 aliphatic heterocycles. The first-order valence-electron chi connectivity index (χ1n) is 7.72. The lowest BCUT2D eigenvalue weighted by atomic mass is 9.79. The van der Waals surface area contributed by atoms with Crippen LogP contribution < -0.4 is 0 Å². The molecular weight excluding hydrogens is 296 g/mol. The third-order valence-corrected chi connectivity index (χ3v) is 6.51. The van der Waals surface area contributed by atoms with Gasteiger partial charge in [-0.1, -0.05) is 0 Å². The highest BCUT2D eigenvalue weighted by Gasteiger charge is 2.47. The fourth-order valence-corrected chi connectivity index (χ4v) is 5.46. The van der Waals surface area contributed by atoms with Gasteiger partial charge in [-0.25, -0.2) is 0 Å². The molecule has 0 saturated carbocycles. The predicted molar refractivity (Wildman–Crippen MR) is 91.0 cm³/mol. The van der Waals surface area contributed by atoms with Crippen molar-refractivity contribution in [2.75, 3.05) is 26.2 Å². The maximum atomic E-state index is 2.65. The number of nitrogens with zero attached hydrogens (tertiary/aromatic N) is 2. The van der Waals surface area contributed by atoms with Crippen molar-refractivity contribution >= 4 is 22.7 Å². The van der Waals surface area contributed by atoms with E-state index in [-0.39, 0.29) is 0 Å². The molecule has 21 heavy (non-hydrogen) atoms. The van der Waals surface area contributed by atoms with Crippen molar-refractivity contribution < 1.29 is 0 Å². The molecule has 0 aromatic carbocycles. The van der Waals surface area contributed by atoms with Gasteiger partial charge in [-0.05, 0) is 54.4 Å². The number of rotatable bonds is 4. The number of hydrogen-bond acceptors (Lipinski definition) is 4. The summed E-state index contributed by atoms with van der Waals surface area (Å²) in [6.07, 6.45) is 1.39. The summed E-state index contributed by atoms with van der Waals surface area (Å²) in [5, 5.41) is 4.48. The lowest BCUT2D eigenvalue weighted by molar-refractivity contribution is 0.00233. The molecule has 4 heteroatoms. The van der Waals surface area contributed by atoms with Crippen molar-refractivity contribution in [3.8, 4) is 0 Å². The molecule has 0 bridgehead atoms. The van der Waals surface area contributed by atoms with E-state index in [1.54, 1.807) is 0 Å². The van der Waals surface area contributed by atoms with Crippen LogP contribution in [0.1, 0.15) is 21.7 Å². The zero-order valence-corrected chi connectivity index (χ0v) is 14.2. The Morgan fingerprint density at radius 1 is 1.10 bits per heavy atom. The average Bonchev–Trinajstić information content (AvgIpc) is 3.12. The van der Waals surface area contributed by atoms with Gasteiger partial charge in [0.2, 0.25) is 0 Å². The van der Waals surface area contributed by atoms with Crippen LogP contribution in [-0.4, -0.2) is 36.0 Å². The Balaban J connectivity index is 1.29. The maximum Gasteiger partial charge on any atom is 0.0328 e. The quantitative estimate of drug-likeness (QED) is 0.845. The zero-order chi connectivity index (χ0) is 14.3. The van der Waals surface area contributed by atoms with Crippen LogP contribution in [0, 0.1) is 12.3 Å². The minimum absolute atomic E-state index is 0.600. The summed E-state index contributed by atoms with van der Waals surface area (Å²) < 4.78 is 0. The number of hydrogen-bond donors (Lipinski definition) is 0. The van der Waals surface area contributed by atoms with E-state index in [1.165, 1.54) is 47.9 Å². The summed E-state index contributed by atoms with van der Waals surface area (Å²) >= 11 is 3.76. The second kappa shape index (κ2) is 5.51. The molecule has 2 aromatic rings. The van der Waals surface area contributed by atoms with Crippen molar-refractivity contribution in [2.45, 2.75) is 26.4 Å². The van der Waals surface area contributed by atoms with Crippen LogP contribution in [0.3, 0.4) is 0 Å². The van der Waals surface area contributed by atoms with Gasteiger partial charge in [-0.3, -0.25) is 9.80 Å². The minimum Gasteiger partial charge on any atom is -0.298 e. The van der Waals surface area contributed by atoms with Crippen molar-refractivity contribution in [3.05, 3.63) is 44.3 Å². The molecule has 2 fully saturated rings. The van der Waals surface area contributed by atoms with Gasteiger partial charge in [0.15, 0.2) is 0 Å². The Kier molecular flexibility index (Phi) is 3.66. The molecule has 2 nitrogen and oxygen atoms in total. The summed E-state index contributed by atoms with van der Waals surface area (Å²) in [4.78, 5) is 8.23. The average molecular weight is 319 g/mol. The van der Waals surface area contributed by atoms with E-state index in [0.717, 1.165) is 13.1 Å². The molecular formula is C17H22N2S2. The molecule has 4 rings (SSSR count). The number of aryl methyl sites for hydroxylation is 1. The molecule has 0 amide bonds. The second-order valence-electron chi connectivity index (χ2n) is 6.75. The molecule has 2 aliphatic rings. The maximum absolute atomic E-state index is 2.65. The summed E-state index contributed by atoms with van der Waals surface area (Å²) in [7, 11) is 0. The molecule has 0 atom stereocenters.